The van der Waals surface area contributed by atoms with Gasteiger partial charge in [0.15, 0.2) is 0 Å². The molecule has 2 aromatic carbocycles. The standard InChI is InChI=1S/C22H26N2O4/c1-24(2)20(15-6-5-7-17(10-15)26-3)13-23-22(25)11-16-14-28-21-12-18(27-4)8-9-19(16)21/h5-10,12,14,20H,11,13H2,1-4H3,(H,23,25)/t20-/m1/s1. The van der Waals surface area contributed by atoms with Gasteiger partial charge in [-0.15, -0.1) is 0 Å². The van der Waals surface area contributed by atoms with Crippen LogP contribution < -0.4 is 14.8 Å². The molecule has 1 atom stereocenters. The molecule has 1 aromatic heterocycles. The SMILES string of the molecule is COc1cccc([C@@H](CNC(=O)Cc2coc3cc(OC)ccc23)N(C)C)c1. The number of nitrogens with zero attached hydrogens (tertiary/aromatic N) is 1. The van der Waals surface area contributed by atoms with Gasteiger partial charge in [0.05, 0.1) is 32.9 Å². The molecule has 6 nitrogen and oxygen atoms in total. The van der Waals surface area contributed by atoms with Crippen LogP contribution in [0, 0.1) is 0 Å². The van der Waals surface area contributed by atoms with Crippen LogP contribution in [0.3, 0.4) is 0 Å². The normalized spacial score (nSPS) is 12.2. The molecule has 1 amide bonds. The van der Waals surface area contributed by atoms with Crippen molar-refractivity contribution in [3.8, 4) is 11.5 Å². The Morgan fingerprint density at radius 1 is 1.11 bits per heavy atom. The van der Waals surface area contributed by atoms with Gasteiger partial charge in [0.25, 0.3) is 0 Å². The molecular weight excluding hydrogens is 356 g/mol. The van der Waals surface area contributed by atoms with Gasteiger partial charge in [-0.25, -0.2) is 0 Å². The molecule has 3 aromatic rings. The third-order valence-corrected chi connectivity index (χ3v) is 4.81. The van der Waals surface area contributed by atoms with E-state index in [0.29, 0.717) is 12.1 Å². The van der Waals surface area contributed by atoms with Crippen molar-refractivity contribution in [2.24, 2.45) is 0 Å². The van der Waals surface area contributed by atoms with Gasteiger partial charge in [0, 0.05) is 23.6 Å². The first-order valence-corrected chi connectivity index (χ1v) is 9.13. The van der Waals surface area contributed by atoms with Gasteiger partial charge in [-0.05, 0) is 43.9 Å². The first-order chi connectivity index (χ1) is 13.5. The number of nitrogens with one attached hydrogen (secondary N) is 1. The molecule has 28 heavy (non-hydrogen) atoms. The van der Waals surface area contributed by atoms with E-state index in [4.69, 9.17) is 13.9 Å². The van der Waals surface area contributed by atoms with E-state index in [-0.39, 0.29) is 18.4 Å². The number of benzene rings is 2. The maximum Gasteiger partial charge on any atom is 0.224 e. The number of hydrogen-bond acceptors (Lipinski definition) is 5. The average molecular weight is 382 g/mol. The number of carbonyl (C=O) groups excluding carboxylic acids is 1. The second-order valence-corrected chi connectivity index (χ2v) is 6.86. The first kappa shape index (κ1) is 19.8. The average Bonchev–Trinajstić information content (AvgIpc) is 3.09. The van der Waals surface area contributed by atoms with E-state index in [1.807, 2.05) is 56.6 Å². The molecule has 0 aliphatic heterocycles. The van der Waals surface area contributed by atoms with Gasteiger partial charge in [0.2, 0.25) is 5.91 Å². The number of furan rings is 1. The summed E-state index contributed by atoms with van der Waals surface area (Å²) in [6.07, 6.45) is 1.90. The monoisotopic (exact) mass is 382 g/mol. The Bertz CT molecular complexity index is 949. The van der Waals surface area contributed by atoms with Crippen LogP contribution >= 0.6 is 0 Å². The molecule has 1 N–H and O–H groups in total. The smallest absolute Gasteiger partial charge is 0.224 e. The van der Waals surface area contributed by atoms with E-state index in [1.54, 1.807) is 20.5 Å². The van der Waals surface area contributed by atoms with Crippen molar-refractivity contribution in [2.45, 2.75) is 12.5 Å². The molecule has 0 bridgehead atoms. The predicted molar refractivity (Wildman–Crippen MR) is 109 cm³/mol. The minimum absolute atomic E-state index is 0.0457. The highest BCUT2D eigenvalue weighted by Crippen LogP contribution is 2.26. The summed E-state index contributed by atoms with van der Waals surface area (Å²) in [6, 6.07) is 13.5. The van der Waals surface area contributed by atoms with Crippen molar-refractivity contribution < 1.29 is 18.7 Å². The minimum Gasteiger partial charge on any atom is -0.497 e. The van der Waals surface area contributed by atoms with Crippen LogP contribution in [0.15, 0.2) is 53.1 Å². The topological polar surface area (TPSA) is 63.9 Å². The van der Waals surface area contributed by atoms with Gasteiger partial charge in [0.1, 0.15) is 17.1 Å². The Balaban J connectivity index is 1.66. The third kappa shape index (κ3) is 4.46. The Morgan fingerprint density at radius 2 is 1.86 bits per heavy atom. The highest BCUT2D eigenvalue weighted by atomic mass is 16.5. The zero-order chi connectivity index (χ0) is 20.1. The van der Waals surface area contributed by atoms with Gasteiger partial charge in [-0.3, -0.25) is 4.79 Å². The fourth-order valence-electron chi connectivity index (χ4n) is 3.22. The maximum absolute atomic E-state index is 12.5. The molecule has 3 rings (SSSR count). The summed E-state index contributed by atoms with van der Waals surface area (Å²) in [4.78, 5) is 14.6. The molecule has 0 unspecified atom stereocenters. The Labute approximate surface area is 165 Å². The third-order valence-electron chi connectivity index (χ3n) is 4.81. The molecule has 0 aliphatic rings. The fourth-order valence-corrected chi connectivity index (χ4v) is 3.22. The summed E-state index contributed by atoms with van der Waals surface area (Å²) >= 11 is 0. The van der Waals surface area contributed by atoms with Crippen molar-refractivity contribution in [3.05, 3.63) is 59.9 Å². The van der Waals surface area contributed by atoms with Crippen molar-refractivity contribution in [3.63, 3.8) is 0 Å². The number of carbonyl (C=O) groups is 1. The van der Waals surface area contributed by atoms with Crippen LogP contribution in [0.4, 0.5) is 0 Å². The fraction of sp³-hybridized carbons (Fsp3) is 0.318. The highest BCUT2D eigenvalue weighted by Gasteiger charge is 2.17. The van der Waals surface area contributed by atoms with Crippen LogP contribution in [0.5, 0.6) is 11.5 Å². The number of ether oxygens (including phenoxy) is 2. The molecule has 0 spiro atoms. The molecule has 0 aliphatic carbocycles. The lowest BCUT2D eigenvalue weighted by atomic mass is 10.1. The van der Waals surface area contributed by atoms with E-state index in [9.17, 15) is 4.79 Å². The second kappa shape index (κ2) is 8.80. The molecule has 0 radical (unpaired) electrons. The molecule has 148 valence electrons. The lowest BCUT2D eigenvalue weighted by molar-refractivity contribution is -0.120. The van der Waals surface area contributed by atoms with E-state index >= 15 is 0 Å². The van der Waals surface area contributed by atoms with E-state index in [1.165, 1.54) is 0 Å². The van der Waals surface area contributed by atoms with Crippen LogP contribution in [0.25, 0.3) is 11.0 Å². The zero-order valence-corrected chi connectivity index (χ0v) is 16.7. The van der Waals surface area contributed by atoms with E-state index in [2.05, 4.69) is 10.2 Å². The number of hydrogen-bond donors (Lipinski definition) is 1. The van der Waals surface area contributed by atoms with Crippen LogP contribution in [-0.2, 0) is 11.2 Å². The highest BCUT2D eigenvalue weighted by molar-refractivity contribution is 5.88. The second-order valence-electron chi connectivity index (χ2n) is 6.86. The first-order valence-electron chi connectivity index (χ1n) is 9.13. The number of methoxy groups -OCH3 is 2. The molecule has 1 heterocycles. The summed E-state index contributed by atoms with van der Waals surface area (Å²) in [5, 5.41) is 3.96. The van der Waals surface area contributed by atoms with Crippen LogP contribution in [0.2, 0.25) is 0 Å². The van der Waals surface area contributed by atoms with Crippen molar-refractivity contribution >= 4 is 16.9 Å². The summed E-state index contributed by atoms with van der Waals surface area (Å²) in [5.41, 5.74) is 2.66. The lowest BCUT2D eigenvalue weighted by Crippen LogP contribution is -2.35. The predicted octanol–water partition coefficient (Wildman–Crippen LogP) is 3.41. The van der Waals surface area contributed by atoms with Crippen LogP contribution in [0.1, 0.15) is 17.2 Å². The number of fused-ring (bicyclic) bond motifs is 1. The molecule has 0 saturated carbocycles. The summed E-state index contributed by atoms with van der Waals surface area (Å²) in [5.74, 6) is 1.48. The molecular formula is C22H26N2O4. The number of amides is 1. The minimum atomic E-state index is -0.0479. The van der Waals surface area contributed by atoms with E-state index in [0.717, 1.165) is 28.0 Å². The summed E-state index contributed by atoms with van der Waals surface area (Å²) in [7, 11) is 7.25. The lowest BCUT2D eigenvalue weighted by Gasteiger charge is -2.25. The molecule has 0 fully saturated rings. The zero-order valence-electron chi connectivity index (χ0n) is 16.7. The summed E-state index contributed by atoms with van der Waals surface area (Å²) in [6.45, 7) is 0.503. The van der Waals surface area contributed by atoms with Gasteiger partial charge >= 0.3 is 0 Å². The number of rotatable bonds is 8. The number of likely N-dealkylation sites (N-methyl/N-ethyl adjacent to an activating group) is 1. The van der Waals surface area contributed by atoms with Crippen LogP contribution in [-0.4, -0.2) is 45.7 Å². The Morgan fingerprint density at radius 3 is 2.57 bits per heavy atom. The van der Waals surface area contributed by atoms with Gasteiger partial charge in [-0.1, -0.05) is 12.1 Å². The van der Waals surface area contributed by atoms with E-state index < -0.39 is 0 Å². The van der Waals surface area contributed by atoms with Gasteiger partial charge in [-0.2, -0.15) is 0 Å². The Hall–Kier alpha value is -2.99. The van der Waals surface area contributed by atoms with Crippen molar-refractivity contribution in [1.82, 2.24) is 10.2 Å². The van der Waals surface area contributed by atoms with Gasteiger partial charge < -0.3 is 24.1 Å². The largest absolute Gasteiger partial charge is 0.497 e. The quantitative estimate of drug-likeness (QED) is 0.647. The maximum atomic E-state index is 12.5. The van der Waals surface area contributed by atoms with Crippen molar-refractivity contribution in [2.75, 3.05) is 34.9 Å². The molecule has 6 heteroatoms. The molecule has 0 saturated heterocycles. The summed E-state index contributed by atoms with van der Waals surface area (Å²) < 4.78 is 16.1. The van der Waals surface area contributed by atoms with Crippen molar-refractivity contribution in [1.29, 1.82) is 0 Å². The Kier molecular flexibility index (Phi) is 6.21.